The first-order chi connectivity index (χ1) is 11.6. The van der Waals surface area contributed by atoms with Crippen LogP contribution in [0.3, 0.4) is 0 Å². The highest BCUT2D eigenvalue weighted by atomic mass is 35.5. The number of ether oxygens (including phenoxy) is 1. The van der Waals surface area contributed by atoms with Crippen LogP contribution in [0.1, 0.15) is 42.5 Å². The Morgan fingerprint density at radius 3 is 2.71 bits per heavy atom. The molecule has 2 N–H and O–H groups in total. The van der Waals surface area contributed by atoms with Gasteiger partial charge in [0.15, 0.2) is 0 Å². The molecule has 3 heterocycles. The highest BCUT2D eigenvalue weighted by Crippen LogP contribution is 2.25. The predicted molar refractivity (Wildman–Crippen MR) is 92.5 cm³/mol. The maximum atomic E-state index is 12.5. The van der Waals surface area contributed by atoms with E-state index < -0.39 is 5.60 Å². The van der Waals surface area contributed by atoms with Gasteiger partial charge in [-0.25, -0.2) is 4.98 Å². The molecule has 1 amide bonds. The molecule has 0 unspecified atom stereocenters. The number of hydrogen-bond donors (Lipinski definition) is 2. The van der Waals surface area contributed by atoms with Crippen molar-refractivity contribution in [1.29, 1.82) is 0 Å². The molecule has 0 radical (unpaired) electrons. The molecule has 0 saturated carbocycles. The van der Waals surface area contributed by atoms with Gasteiger partial charge in [-0.3, -0.25) is 4.79 Å². The average Bonchev–Trinajstić information content (AvgIpc) is 2.61. The number of rotatable bonds is 4. The van der Waals surface area contributed by atoms with Gasteiger partial charge >= 0.3 is 0 Å². The third-order valence-corrected chi connectivity index (χ3v) is 5.03. The van der Waals surface area contributed by atoms with Crippen LogP contribution >= 0.6 is 11.6 Å². The molecular formula is C17H24ClN3O3. The van der Waals surface area contributed by atoms with E-state index in [0.29, 0.717) is 49.0 Å². The number of nitrogens with zero attached hydrogens (tertiary/aromatic N) is 2. The van der Waals surface area contributed by atoms with E-state index in [2.05, 4.69) is 10.3 Å². The van der Waals surface area contributed by atoms with Crippen molar-refractivity contribution in [3.63, 3.8) is 0 Å². The van der Waals surface area contributed by atoms with E-state index in [9.17, 15) is 9.90 Å². The van der Waals surface area contributed by atoms with Crippen LogP contribution in [0.5, 0.6) is 0 Å². The van der Waals surface area contributed by atoms with Gasteiger partial charge in [-0.15, -0.1) is 0 Å². The maximum Gasteiger partial charge on any atom is 0.255 e. The van der Waals surface area contributed by atoms with Crippen LogP contribution in [-0.2, 0) is 4.74 Å². The van der Waals surface area contributed by atoms with Crippen LogP contribution in [0, 0.1) is 0 Å². The molecule has 0 atom stereocenters. The molecule has 0 spiro atoms. The maximum absolute atomic E-state index is 12.5. The molecule has 0 aromatic carbocycles. The van der Waals surface area contributed by atoms with Crippen molar-refractivity contribution in [2.45, 2.75) is 37.7 Å². The van der Waals surface area contributed by atoms with E-state index in [1.807, 2.05) is 4.90 Å². The van der Waals surface area contributed by atoms with E-state index in [1.54, 1.807) is 12.3 Å². The number of piperidine rings is 1. The molecule has 0 bridgehead atoms. The van der Waals surface area contributed by atoms with Gasteiger partial charge < -0.3 is 20.1 Å². The topological polar surface area (TPSA) is 74.7 Å². The van der Waals surface area contributed by atoms with Gasteiger partial charge in [-0.2, -0.15) is 0 Å². The van der Waals surface area contributed by atoms with Crippen molar-refractivity contribution in [1.82, 2.24) is 9.88 Å². The molecule has 2 saturated heterocycles. The lowest BCUT2D eigenvalue weighted by Gasteiger charge is -2.32. The number of aromatic nitrogens is 1. The van der Waals surface area contributed by atoms with Crippen LogP contribution < -0.4 is 5.32 Å². The molecule has 2 fully saturated rings. The van der Waals surface area contributed by atoms with E-state index in [4.69, 9.17) is 16.3 Å². The third-order valence-electron chi connectivity index (χ3n) is 4.74. The number of carbonyl (C=O) groups excluding carboxylic acids is 1. The summed E-state index contributed by atoms with van der Waals surface area (Å²) in [6.07, 6.45) is 6.01. The lowest BCUT2D eigenvalue weighted by molar-refractivity contribution is -0.0543. The van der Waals surface area contributed by atoms with Crippen LogP contribution in [0.4, 0.5) is 5.82 Å². The molecule has 24 heavy (non-hydrogen) atoms. The number of amides is 1. The monoisotopic (exact) mass is 353 g/mol. The first-order valence-corrected chi connectivity index (χ1v) is 8.94. The lowest BCUT2D eigenvalue weighted by atomic mass is 9.94. The number of hydrogen-bond acceptors (Lipinski definition) is 5. The van der Waals surface area contributed by atoms with Gasteiger partial charge in [-0.05, 0) is 25.3 Å². The summed E-state index contributed by atoms with van der Waals surface area (Å²) in [5, 5.41) is 14.0. The highest BCUT2D eigenvalue weighted by molar-refractivity contribution is 6.33. The molecule has 2 aliphatic rings. The van der Waals surface area contributed by atoms with Crippen molar-refractivity contribution in [3.8, 4) is 0 Å². The molecular weight excluding hydrogens is 330 g/mol. The second-order valence-electron chi connectivity index (χ2n) is 6.60. The number of aliphatic hydroxyl groups is 1. The Morgan fingerprint density at radius 1 is 1.33 bits per heavy atom. The van der Waals surface area contributed by atoms with Crippen LogP contribution in [0.2, 0.25) is 5.02 Å². The fraction of sp³-hybridized carbons (Fsp3) is 0.647. The second kappa shape index (κ2) is 7.68. The number of halogens is 1. The Kier molecular flexibility index (Phi) is 5.58. The van der Waals surface area contributed by atoms with E-state index >= 15 is 0 Å². The smallest absolute Gasteiger partial charge is 0.255 e. The number of pyridine rings is 1. The Bertz CT molecular complexity index is 584. The van der Waals surface area contributed by atoms with Crippen molar-refractivity contribution in [3.05, 3.63) is 22.8 Å². The fourth-order valence-corrected chi connectivity index (χ4v) is 3.37. The fourth-order valence-electron chi connectivity index (χ4n) is 3.14. The zero-order valence-electron chi connectivity index (χ0n) is 13.8. The van der Waals surface area contributed by atoms with Crippen LogP contribution in [0.25, 0.3) is 0 Å². The van der Waals surface area contributed by atoms with Gasteiger partial charge in [0.1, 0.15) is 5.82 Å². The van der Waals surface area contributed by atoms with Gasteiger partial charge in [0.05, 0.1) is 16.2 Å². The molecule has 0 aliphatic carbocycles. The largest absolute Gasteiger partial charge is 0.388 e. The minimum atomic E-state index is -0.800. The van der Waals surface area contributed by atoms with Gasteiger partial charge in [0.25, 0.3) is 5.91 Å². The molecule has 6 nitrogen and oxygen atoms in total. The summed E-state index contributed by atoms with van der Waals surface area (Å²) >= 11 is 6.27. The Morgan fingerprint density at radius 2 is 2.04 bits per heavy atom. The normalized spacial score (nSPS) is 20.7. The molecule has 2 aliphatic heterocycles. The lowest BCUT2D eigenvalue weighted by Crippen LogP contribution is -2.42. The molecule has 132 valence electrons. The Hall–Kier alpha value is -1.37. The number of likely N-dealkylation sites (tertiary alicyclic amines) is 1. The molecule has 3 rings (SSSR count). The van der Waals surface area contributed by atoms with Crippen LogP contribution in [0.15, 0.2) is 12.3 Å². The number of nitrogens with one attached hydrogen (secondary N) is 1. The summed E-state index contributed by atoms with van der Waals surface area (Å²) in [4.78, 5) is 18.6. The SMILES string of the molecule is O=C(c1cnc(NCC2(O)CCOCC2)c(Cl)c1)N1CCCCC1. The molecule has 7 heteroatoms. The summed E-state index contributed by atoms with van der Waals surface area (Å²) in [5.74, 6) is 0.477. The minimum Gasteiger partial charge on any atom is -0.388 e. The summed E-state index contributed by atoms with van der Waals surface area (Å²) in [7, 11) is 0. The minimum absolute atomic E-state index is 0.0151. The van der Waals surface area contributed by atoms with Gasteiger partial charge in [-0.1, -0.05) is 11.6 Å². The van der Waals surface area contributed by atoms with Crippen molar-refractivity contribution in [2.75, 3.05) is 38.2 Å². The van der Waals surface area contributed by atoms with E-state index in [0.717, 1.165) is 25.9 Å². The molecule has 1 aromatic heterocycles. The van der Waals surface area contributed by atoms with Crippen molar-refractivity contribution < 1.29 is 14.6 Å². The third kappa shape index (κ3) is 4.18. The average molecular weight is 354 g/mol. The van der Waals surface area contributed by atoms with E-state index in [-0.39, 0.29) is 5.91 Å². The predicted octanol–water partition coefficient (Wildman–Crippen LogP) is 2.31. The highest BCUT2D eigenvalue weighted by Gasteiger charge is 2.30. The Labute approximate surface area is 147 Å². The first kappa shape index (κ1) is 17.5. The standard InChI is InChI=1S/C17H24ClN3O3/c18-14-10-13(16(22)21-6-2-1-3-7-21)11-19-15(14)20-12-17(23)4-8-24-9-5-17/h10-11,23H,1-9,12H2,(H,19,20). The van der Waals surface area contributed by atoms with Crippen molar-refractivity contribution >= 4 is 23.3 Å². The van der Waals surface area contributed by atoms with E-state index in [1.165, 1.54) is 6.42 Å². The number of anilines is 1. The number of carbonyl (C=O) groups is 1. The Balaban J connectivity index is 1.62. The first-order valence-electron chi connectivity index (χ1n) is 8.56. The summed E-state index contributed by atoms with van der Waals surface area (Å²) in [6.45, 7) is 3.07. The quantitative estimate of drug-likeness (QED) is 0.868. The zero-order valence-corrected chi connectivity index (χ0v) is 14.5. The second-order valence-corrected chi connectivity index (χ2v) is 7.00. The summed E-state index contributed by atoms with van der Waals surface area (Å²) in [5.41, 5.74) is -0.289. The molecule has 1 aromatic rings. The van der Waals surface area contributed by atoms with Crippen molar-refractivity contribution in [2.24, 2.45) is 0 Å². The van der Waals surface area contributed by atoms with Gasteiger partial charge in [0.2, 0.25) is 0 Å². The summed E-state index contributed by atoms with van der Waals surface area (Å²) < 4.78 is 5.27. The zero-order chi connectivity index (χ0) is 17.0. The van der Waals surface area contributed by atoms with Crippen LogP contribution in [-0.4, -0.2) is 59.3 Å². The van der Waals surface area contributed by atoms with Gasteiger partial charge in [0, 0.05) is 51.9 Å². The summed E-state index contributed by atoms with van der Waals surface area (Å²) in [6, 6.07) is 1.65.